The van der Waals surface area contributed by atoms with Crippen molar-refractivity contribution in [1.29, 1.82) is 0 Å². The molecular formula is C37H33F3N2O4S. The van der Waals surface area contributed by atoms with Crippen molar-refractivity contribution in [3.8, 4) is 22.4 Å². The number of carbonyl (C=O) groups excluding carboxylic acids is 1. The average Bonchev–Trinajstić information content (AvgIpc) is 3.50. The Morgan fingerprint density at radius 1 is 0.809 bits per heavy atom. The van der Waals surface area contributed by atoms with E-state index in [0.29, 0.717) is 46.7 Å². The number of carboxylic acids is 1. The highest BCUT2D eigenvalue weighted by Crippen LogP contribution is 2.31. The first-order chi connectivity index (χ1) is 22.3. The van der Waals surface area contributed by atoms with Crippen LogP contribution in [0, 0.1) is 0 Å². The highest BCUT2D eigenvalue weighted by molar-refractivity contribution is 7.87. The van der Waals surface area contributed by atoms with E-state index in [2.05, 4.69) is 0 Å². The van der Waals surface area contributed by atoms with Crippen molar-refractivity contribution in [3.05, 3.63) is 132 Å². The molecule has 0 saturated heterocycles. The predicted octanol–water partition coefficient (Wildman–Crippen LogP) is 8.46. The molecule has 4 aromatic carbocycles. The molecule has 47 heavy (non-hydrogen) atoms. The second kappa shape index (κ2) is 13.9. The predicted molar refractivity (Wildman–Crippen MR) is 175 cm³/mol. The molecule has 0 amide bonds. The first-order valence-corrected chi connectivity index (χ1v) is 16.2. The normalized spacial score (nSPS) is 12.5. The number of rotatable bonds is 12. The van der Waals surface area contributed by atoms with Crippen molar-refractivity contribution in [2.45, 2.75) is 55.5 Å². The molecule has 242 valence electrons. The number of hydrogen-bond donors (Lipinski definition) is 1. The molecule has 10 heteroatoms. The van der Waals surface area contributed by atoms with Gasteiger partial charge < -0.3 is 9.67 Å². The van der Waals surface area contributed by atoms with Gasteiger partial charge in [-0.25, -0.2) is 4.98 Å². The molecule has 0 saturated carbocycles. The smallest absolute Gasteiger partial charge is 0.416 e. The zero-order valence-corrected chi connectivity index (χ0v) is 26.6. The molecule has 1 atom stereocenters. The van der Waals surface area contributed by atoms with Gasteiger partial charge in [0, 0.05) is 28.8 Å². The lowest BCUT2D eigenvalue weighted by atomic mass is 10.0. The van der Waals surface area contributed by atoms with Crippen molar-refractivity contribution in [2.24, 2.45) is 0 Å². The molecule has 1 N–H and O–H groups in total. The number of imidazole rings is 1. The summed E-state index contributed by atoms with van der Waals surface area (Å²) < 4.78 is 52.2. The van der Waals surface area contributed by atoms with E-state index in [-0.39, 0.29) is 11.6 Å². The molecule has 1 unspecified atom stereocenters. The first-order valence-electron chi connectivity index (χ1n) is 15.0. The molecule has 0 fully saturated rings. The third-order valence-electron chi connectivity index (χ3n) is 7.95. The molecule has 0 aliphatic rings. The van der Waals surface area contributed by atoms with Crippen molar-refractivity contribution in [2.75, 3.05) is 0 Å². The Labute approximate surface area is 273 Å². The Bertz CT molecular complexity index is 1900. The number of halogens is 3. The van der Waals surface area contributed by atoms with Gasteiger partial charge >= 0.3 is 12.1 Å². The molecule has 5 rings (SSSR count). The number of carbonyl (C=O) groups is 2. The second-order valence-electron chi connectivity index (χ2n) is 11.7. The van der Waals surface area contributed by atoms with Gasteiger partial charge in [-0.1, -0.05) is 78.9 Å². The number of benzene rings is 4. The summed E-state index contributed by atoms with van der Waals surface area (Å²) in [6.45, 7) is 3.40. The third kappa shape index (κ3) is 7.77. The summed E-state index contributed by atoms with van der Waals surface area (Å²) in [6.07, 6.45) is -0.411. The van der Waals surface area contributed by atoms with Crippen LogP contribution in [0.2, 0.25) is 0 Å². The van der Waals surface area contributed by atoms with Gasteiger partial charge in [-0.15, -0.1) is 0 Å². The van der Waals surface area contributed by atoms with Crippen LogP contribution in [0.4, 0.5) is 13.2 Å². The molecule has 1 heterocycles. The molecule has 0 spiro atoms. The zero-order valence-electron chi connectivity index (χ0n) is 25.8. The molecule has 0 bridgehead atoms. The first kappa shape index (κ1) is 33.5. The number of nitrogens with zero attached hydrogens (tertiary/aromatic N) is 2. The van der Waals surface area contributed by atoms with Gasteiger partial charge in [0.05, 0.1) is 22.1 Å². The Kier molecular flexibility index (Phi) is 9.91. The fourth-order valence-electron chi connectivity index (χ4n) is 5.11. The molecule has 6 nitrogen and oxygen atoms in total. The van der Waals surface area contributed by atoms with Gasteiger partial charge in [-0.05, 0) is 74.1 Å². The van der Waals surface area contributed by atoms with Gasteiger partial charge in [0.1, 0.15) is 4.75 Å². The molecule has 1 aromatic heterocycles. The van der Waals surface area contributed by atoms with E-state index in [1.165, 1.54) is 26.0 Å². The van der Waals surface area contributed by atoms with Gasteiger partial charge in [0.2, 0.25) is 5.78 Å². The van der Waals surface area contributed by atoms with Gasteiger partial charge in [-0.2, -0.15) is 13.2 Å². The van der Waals surface area contributed by atoms with Crippen molar-refractivity contribution >= 4 is 22.6 Å². The number of aryl methyl sites for hydroxylation is 2. The standard InChI is InChI=1S/C37H33F3N2O4S/c1-36(2,35(44)45)47(46)31-13-8-10-25(23-31)9-6-7-22-42-24-32(28-11-4-3-5-12-28)41-34(42)33(43)29-16-14-26(15-17-29)27-18-20-30(21-19-27)37(38,39)40/h3-5,8,10-21,23-24H,6-7,9,22H2,1-2H3,(H,44,45). The summed E-state index contributed by atoms with van der Waals surface area (Å²) in [5, 5.41) is 9.47. The van der Waals surface area contributed by atoms with Gasteiger partial charge in [-0.3, -0.25) is 13.8 Å². The number of hydrogen-bond acceptors (Lipinski definition) is 4. The lowest BCUT2D eigenvalue weighted by Gasteiger charge is -2.18. The lowest BCUT2D eigenvalue weighted by Crippen LogP contribution is -2.36. The van der Waals surface area contributed by atoms with Crippen LogP contribution in [-0.2, 0) is 34.7 Å². The quantitative estimate of drug-likeness (QED) is 0.107. The molecule has 0 radical (unpaired) electrons. The van der Waals surface area contributed by atoms with E-state index in [4.69, 9.17) is 4.98 Å². The Hall–Kier alpha value is -4.83. The number of carboxylic acid groups (broad SMARTS) is 1. The average molecular weight is 659 g/mol. The molecule has 5 aromatic rings. The molecule has 0 aliphatic heterocycles. The van der Waals surface area contributed by atoms with Crippen LogP contribution in [0.5, 0.6) is 0 Å². The third-order valence-corrected chi connectivity index (χ3v) is 9.73. The summed E-state index contributed by atoms with van der Waals surface area (Å²) in [5.41, 5.74) is 3.44. The van der Waals surface area contributed by atoms with E-state index >= 15 is 0 Å². The maximum atomic E-state index is 13.7. The van der Waals surface area contributed by atoms with E-state index < -0.39 is 33.3 Å². The number of alkyl halides is 3. The fourth-order valence-corrected chi connectivity index (χ4v) is 6.32. The highest BCUT2D eigenvalue weighted by atomic mass is 32.2. The summed E-state index contributed by atoms with van der Waals surface area (Å²) >= 11 is 0. The van der Waals surface area contributed by atoms with Gasteiger partial charge in [0.15, 0.2) is 5.82 Å². The topological polar surface area (TPSA) is 89.3 Å². The van der Waals surface area contributed by atoms with Crippen LogP contribution in [0.15, 0.2) is 114 Å². The van der Waals surface area contributed by atoms with E-state index in [1.807, 2.05) is 47.2 Å². The van der Waals surface area contributed by atoms with Gasteiger partial charge in [0.25, 0.3) is 0 Å². The molecule has 0 aliphatic carbocycles. The second-order valence-corrected chi connectivity index (χ2v) is 13.7. The summed E-state index contributed by atoms with van der Waals surface area (Å²) in [4.78, 5) is 30.5. The maximum Gasteiger partial charge on any atom is 0.416 e. The van der Waals surface area contributed by atoms with E-state index in [9.17, 15) is 32.1 Å². The van der Waals surface area contributed by atoms with Crippen molar-refractivity contribution in [3.63, 3.8) is 0 Å². The number of unbranched alkanes of at least 4 members (excludes halogenated alkanes) is 1. The van der Waals surface area contributed by atoms with Crippen LogP contribution in [0.25, 0.3) is 22.4 Å². The van der Waals surface area contributed by atoms with E-state index in [0.717, 1.165) is 29.7 Å². The fraction of sp³-hybridized carbons (Fsp3) is 0.216. The summed E-state index contributed by atoms with van der Waals surface area (Å²) in [5.74, 6) is -1.13. The highest BCUT2D eigenvalue weighted by Gasteiger charge is 2.35. The Balaban J connectivity index is 1.31. The summed E-state index contributed by atoms with van der Waals surface area (Å²) in [7, 11) is -1.72. The van der Waals surface area contributed by atoms with Crippen molar-refractivity contribution < 1.29 is 32.1 Å². The van der Waals surface area contributed by atoms with Crippen molar-refractivity contribution in [1.82, 2.24) is 9.55 Å². The van der Waals surface area contributed by atoms with Crippen LogP contribution in [0.3, 0.4) is 0 Å². The van der Waals surface area contributed by atoms with E-state index in [1.54, 1.807) is 42.5 Å². The van der Waals surface area contributed by atoms with Crippen LogP contribution in [-0.4, -0.2) is 35.4 Å². The lowest BCUT2D eigenvalue weighted by molar-refractivity contribution is -0.139. The van der Waals surface area contributed by atoms with Crippen LogP contribution < -0.4 is 0 Å². The molecular weight excluding hydrogens is 625 g/mol. The van der Waals surface area contributed by atoms with Crippen LogP contribution >= 0.6 is 0 Å². The zero-order chi connectivity index (χ0) is 33.8. The minimum absolute atomic E-state index is 0.276. The largest absolute Gasteiger partial charge is 0.480 e. The maximum absolute atomic E-state index is 13.7. The SMILES string of the molecule is CC(C)(C(=O)O)S(=O)c1cccc(CCCCn2cc(-c3ccccc3)nc2C(=O)c2ccc(-c3ccc(C(F)(F)F)cc3)cc2)c1. The number of aliphatic carboxylic acids is 1. The Morgan fingerprint density at radius 3 is 2.06 bits per heavy atom. The minimum Gasteiger partial charge on any atom is -0.480 e. The monoisotopic (exact) mass is 658 g/mol. The number of aromatic nitrogens is 2. The minimum atomic E-state index is -4.41. The summed E-state index contributed by atoms with van der Waals surface area (Å²) in [6, 6.07) is 28.3. The Morgan fingerprint density at radius 2 is 1.45 bits per heavy atom. The number of ketones is 1. The van der Waals surface area contributed by atoms with Crippen LogP contribution in [0.1, 0.15) is 54.0 Å².